The van der Waals surface area contributed by atoms with Crippen molar-refractivity contribution in [1.82, 2.24) is 0 Å². The second kappa shape index (κ2) is 6.22. The predicted octanol–water partition coefficient (Wildman–Crippen LogP) is 4.01. The molecule has 1 N–H and O–H groups in total. The molecular formula is C17H18F2O2. The van der Waals surface area contributed by atoms with Crippen LogP contribution in [0.5, 0.6) is 5.75 Å². The van der Waals surface area contributed by atoms with Gasteiger partial charge < -0.3 is 9.84 Å². The average Bonchev–Trinajstić information content (AvgIpc) is 2.48. The molecule has 0 heterocycles. The van der Waals surface area contributed by atoms with Crippen molar-refractivity contribution < 1.29 is 18.6 Å². The first-order valence-electron chi connectivity index (χ1n) is 6.87. The van der Waals surface area contributed by atoms with Crippen LogP contribution in [0.1, 0.15) is 31.4 Å². The Kier molecular flexibility index (Phi) is 4.58. The molecule has 0 aliphatic heterocycles. The van der Waals surface area contributed by atoms with Gasteiger partial charge in [0, 0.05) is 11.1 Å². The molecule has 2 aromatic carbocycles. The number of benzene rings is 2. The van der Waals surface area contributed by atoms with Crippen LogP contribution in [-0.2, 0) is 5.60 Å². The lowest BCUT2D eigenvalue weighted by Crippen LogP contribution is -2.25. The van der Waals surface area contributed by atoms with Crippen molar-refractivity contribution in [3.63, 3.8) is 0 Å². The van der Waals surface area contributed by atoms with E-state index in [9.17, 15) is 13.9 Å². The average molecular weight is 292 g/mol. The van der Waals surface area contributed by atoms with Gasteiger partial charge >= 0.3 is 0 Å². The van der Waals surface area contributed by atoms with Crippen molar-refractivity contribution in [2.75, 3.05) is 6.61 Å². The number of aliphatic hydroxyl groups is 1. The van der Waals surface area contributed by atoms with Gasteiger partial charge in [0.15, 0.2) is 11.6 Å². The summed E-state index contributed by atoms with van der Waals surface area (Å²) in [6, 6.07) is 10.6. The van der Waals surface area contributed by atoms with Crippen molar-refractivity contribution >= 4 is 0 Å². The summed E-state index contributed by atoms with van der Waals surface area (Å²) in [5.41, 5.74) is -1.39. The third-order valence-corrected chi connectivity index (χ3v) is 3.35. The second-order valence-corrected chi connectivity index (χ2v) is 5.02. The summed E-state index contributed by atoms with van der Waals surface area (Å²) in [4.78, 5) is 0. The van der Waals surface area contributed by atoms with Gasteiger partial charge in [0.05, 0.1) is 6.61 Å². The molecule has 2 nitrogen and oxygen atoms in total. The van der Waals surface area contributed by atoms with Gasteiger partial charge in [-0.1, -0.05) is 37.3 Å². The second-order valence-electron chi connectivity index (χ2n) is 5.02. The van der Waals surface area contributed by atoms with Gasteiger partial charge in [-0.05, 0) is 25.5 Å². The van der Waals surface area contributed by atoms with E-state index in [0.717, 1.165) is 12.5 Å². The molecule has 0 amide bonds. The highest BCUT2D eigenvalue weighted by Gasteiger charge is 2.32. The lowest BCUT2D eigenvalue weighted by molar-refractivity contribution is 0.0928. The van der Waals surface area contributed by atoms with Crippen LogP contribution in [0.4, 0.5) is 8.78 Å². The maximum atomic E-state index is 14.0. The van der Waals surface area contributed by atoms with E-state index in [0.29, 0.717) is 17.9 Å². The Bertz CT molecular complexity index is 624. The molecule has 4 heteroatoms. The van der Waals surface area contributed by atoms with E-state index in [4.69, 9.17) is 4.74 Å². The van der Waals surface area contributed by atoms with E-state index in [1.165, 1.54) is 19.1 Å². The van der Waals surface area contributed by atoms with E-state index in [1.54, 1.807) is 24.3 Å². The SMILES string of the molecule is CCCOc1ccccc1C(C)(O)c1cccc(F)c1F. The zero-order valence-corrected chi connectivity index (χ0v) is 12.1. The standard InChI is InChI=1S/C17H18F2O2/c1-3-11-21-15-10-5-4-7-12(15)17(2,20)13-8-6-9-14(18)16(13)19/h4-10,20H,3,11H2,1-2H3. The fraction of sp³-hybridized carbons (Fsp3) is 0.294. The summed E-state index contributed by atoms with van der Waals surface area (Å²) in [5.74, 6) is -1.57. The topological polar surface area (TPSA) is 29.5 Å². The molecule has 0 spiro atoms. The van der Waals surface area contributed by atoms with Gasteiger partial charge in [-0.3, -0.25) is 0 Å². The first-order chi connectivity index (χ1) is 9.98. The highest BCUT2D eigenvalue weighted by Crippen LogP contribution is 2.36. The minimum absolute atomic E-state index is 0.116. The highest BCUT2D eigenvalue weighted by molar-refractivity contribution is 5.44. The van der Waals surface area contributed by atoms with E-state index < -0.39 is 17.2 Å². The number of hydrogen-bond acceptors (Lipinski definition) is 2. The monoisotopic (exact) mass is 292 g/mol. The van der Waals surface area contributed by atoms with Crippen molar-refractivity contribution in [1.29, 1.82) is 0 Å². The Labute approximate surface area is 123 Å². The molecule has 0 aromatic heterocycles. The Balaban J connectivity index is 2.51. The molecule has 0 aliphatic rings. The predicted molar refractivity (Wildman–Crippen MR) is 77.3 cm³/mol. The maximum Gasteiger partial charge on any atom is 0.165 e. The third-order valence-electron chi connectivity index (χ3n) is 3.35. The molecule has 2 rings (SSSR count). The zero-order chi connectivity index (χ0) is 15.5. The summed E-state index contributed by atoms with van der Waals surface area (Å²) < 4.78 is 33.0. The van der Waals surface area contributed by atoms with E-state index in [-0.39, 0.29) is 5.56 Å². The van der Waals surface area contributed by atoms with Gasteiger partial charge in [0.2, 0.25) is 0 Å². The minimum atomic E-state index is -1.68. The van der Waals surface area contributed by atoms with Crippen molar-refractivity contribution in [2.24, 2.45) is 0 Å². The zero-order valence-electron chi connectivity index (χ0n) is 12.1. The number of rotatable bonds is 5. The van der Waals surface area contributed by atoms with Crippen LogP contribution in [0, 0.1) is 11.6 Å². The molecule has 0 aliphatic carbocycles. The molecule has 1 unspecified atom stereocenters. The molecule has 1 atom stereocenters. The Morgan fingerprint density at radius 2 is 1.71 bits per heavy atom. The number of para-hydroxylation sites is 1. The van der Waals surface area contributed by atoms with Gasteiger partial charge in [-0.25, -0.2) is 8.78 Å². The summed E-state index contributed by atoms with van der Waals surface area (Å²) in [6.07, 6.45) is 0.810. The number of ether oxygens (including phenoxy) is 1. The Morgan fingerprint density at radius 1 is 1.05 bits per heavy atom. The number of hydrogen-bond donors (Lipinski definition) is 1. The molecule has 0 saturated carbocycles. The largest absolute Gasteiger partial charge is 0.493 e. The Hall–Kier alpha value is -1.94. The smallest absolute Gasteiger partial charge is 0.165 e. The van der Waals surface area contributed by atoms with Crippen LogP contribution in [0.15, 0.2) is 42.5 Å². The van der Waals surface area contributed by atoms with Crippen molar-refractivity contribution in [2.45, 2.75) is 25.9 Å². The summed E-state index contributed by atoms with van der Waals surface area (Å²) in [5, 5.41) is 10.8. The lowest BCUT2D eigenvalue weighted by Gasteiger charge is -2.27. The first kappa shape index (κ1) is 15.4. The van der Waals surface area contributed by atoms with Crippen LogP contribution in [-0.4, -0.2) is 11.7 Å². The number of halogens is 2. The van der Waals surface area contributed by atoms with Gasteiger partial charge in [0.25, 0.3) is 0 Å². The van der Waals surface area contributed by atoms with Crippen LogP contribution in [0.3, 0.4) is 0 Å². The summed E-state index contributed by atoms with van der Waals surface area (Å²) >= 11 is 0. The van der Waals surface area contributed by atoms with Gasteiger partial charge in [-0.15, -0.1) is 0 Å². The molecule has 2 aromatic rings. The van der Waals surface area contributed by atoms with E-state index in [2.05, 4.69) is 0 Å². The van der Waals surface area contributed by atoms with Crippen molar-refractivity contribution in [3.8, 4) is 5.75 Å². The first-order valence-corrected chi connectivity index (χ1v) is 6.87. The summed E-state index contributed by atoms with van der Waals surface area (Å²) in [7, 11) is 0. The van der Waals surface area contributed by atoms with Crippen LogP contribution >= 0.6 is 0 Å². The minimum Gasteiger partial charge on any atom is -0.493 e. The molecule has 112 valence electrons. The van der Waals surface area contributed by atoms with E-state index in [1.807, 2.05) is 6.92 Å². The Morgan fingerprint density at radius 3 is 2.43 bits per heavy atom. The summed E-state index contributed by atoms with van der Waals surface area (Å²) in [6.45, 7) is 3.88. The quantitative estimate of drug-likeness (QED) is 0.902. The highest BCUT2D eigenvalue weighted by atomic mass is 19.2. The molecule has 0 saturated heterocycles. The van der Waals surface area contributed by atoms with E-state index >= 15 is 0 Å². The fourth-order valence-electron chi connectivity index (χ4n) is 2.23. The fourth-order valence-corrected chi connectivity index (χ4v) is 2.23. The van der Waals surface area contributed by atoms with Crippen molar-refractivity contribution in [3.05, 3.63) is 65.2 Å². The van der Waals surface area contributed by atoms with Crippen LogP contribution in [0.2, 0.25) is 0 Å². The third kappa shape index (κ3) is 3.05. The van der Waals surface area contributed by atoms with Gasteiger partial charge in [-0.2, -0.15) is 0 Å². The molecule has 0 radical (unpaired) electrons. The molecular weight excluding hydrogens is 274 g/mol. The van der Waals surface area contributed by atoms with Crippen LogP contribution in [0.25, 0.3) is 0 Å². The molecule has 0 bridgehead atoms. The maximum absolute atomic E-state index is 14.0. The molecule has 21 heavy (non-hydrogen) atoms. The normalized spacial score (nSPS) is 13.8. The van der Waals surface area contributed by atoms with Gasteiger partial charge in [0.1, 0.15) is 11.4 Å². The lowest BCUT2D eigenvalue weighted by atomic mass is 9.87. The van der Waals surface area contributed by atoms with Crippen LogP contribution < -0.4 is 4.74 Å². The molecule has 0 fully saturated rings.